The fraction of sp³-hybridized carbons (Fsp3) is 0.884. The van der Waals surface area contributed by atoms with E-state index in [1.807, 2.05) is 0 Å². The second-order valence-electron chi connectivity index (χ2n) is 28.8. The molecule has 0 aromatic heterocycles. The Labute approximate surface area is 576 Å². The van der Waals surface area contributed by atoms with Crippen LogP contribution in [-0.2, 0) is 14.3 Å². The van der Waals surface area contributed by atoms with Gasteiger partial charge in [0.05, 0.1) is 25.4 Å². The van der Waals surface area contributed by atoms with Crippen molar-refractivity contribution in [1.82, 2.24) is 5.32 Å². The van der Waals surface area contributed by atoms with Gasteiger partial charge in [0.1, 0.15) is 0 Å². The summed E-state index contributed by atoms with van der Waals surface area (Å²) < 4.78 is 5.49. The Morgan fingerprint density at radius 1 is 0.304 bits per heavy atom. The quantitative estimate of drug-likeness (QED) is 0.0320. The number of carbonyl (C=O) groups is 2. The maximum Gasteiger partial charge on any atom is 0.305 e. The van der Waals surface area contributed by atoms with Gasteiger partial charge in [-0.15, -0.1) is 0 Å². The molecular weight excluding hydrogens is 1130 g/mol. The Morgan fingerprint density at radius 3 is 0.848 bits per heavy atom. The van der Waals surface area contributed by atoms with E-state index in [-0.39, 0.29) is 18.5 Å². The maximum atomic E-state index is 12.6. The number of unbranched alkanes of at least 4 members (excludes halogenated alkanes) is 60. The Balaban J connectivity index is 3.36. The highest BCUT2D eigenvalue weighted by Gasteiger charge is 2.20. The standard InChI is InChI=1S/C86H163NO5/c1-3-5-7-9-11-13-15-17-19-20-21-41-44-47-51-54-58-62-66-70-74-78-84(89)83(82-88)87-85(90)79-75-71-67-63-59-55-52-48-45-42-39-37-35-33-31-29-27-25-23-22-24-26-28-30-32-34-36-38-40-43-46-49-53-57-61-65-69-73-77-81-92-86(91)80-76-72-68-64-60-56-50-18-16-14-12-10-8-6-4-2/h12,14,18,22-23,26,28,50,83-84,88-89H,3-11,13,15-17,19-21,24-25,27,29-49,51-82H2,1-2H3,(H,87,90)/b14-12-,23-22-,28-26-,50-18-. The minimum absolute atomic E-state index is 0.00675. The molecule has 0 aromatic carbocycles. The topological polar surface area (TPSA) is 95.9 Å². The van der Waals surface area contributed by atoms with Crippen molar-refractivity contribution in [2.24, 2.45) is 0 Å². The average Bonchev–Trinajstić information content (AvgIpc) is 3.76. The molecule has 0 heterocycles. The third-order valence-electron chi connectivity index (χ3n) is 19.6. The summed E-state index contributed by atoms with van der Waals surface area (Å²) in [6.07, 6.45) is 108. The normalized spacial score (nSPS) is 12.7. The molecule has 0 aromatic rings. The number of aliphatic hydroxyl groups excluding tert-OH is 2. The fourth-order valence-electron chi connectivity index (χ4n) is 13.2. The first kappa shape index (κ1) is 89.8. The van der Waals surface area contributed by atoms with E-state index in [2.05, 4.69) is 67.8 Å². The van der Waals surface area contributed by atoms with E-state index in [0.29, 0.717) is 25.9 Å². The smallest absolute Gasteiger partial charge is 0.305 e. The van der Waals surface area contributed by atoms with Crippen molar-refractivity contribution < 1.29 is 24.5 Å². The molecule has 0 rings (SSSR count). The van der Waals surface area contributed by atoms with Gasteiger partial charge in [0.2, 0.25) is 5.91 Å². The van der Waals surface area contributed by atoms with Gasteiger partial charge in [0.15, 0.2) is 0 Å². The van der Waals surface area contributed by atoms with Crippen LogP contribution in [0.1, 0.15) is 463 Å². The molecule has 0 aliphatic rings. The van der Waals surface area contributed by atoms with Crippen LogP contribution in [-0.4, -0.2) is 47.4 Å². The number of ether oxygens (including phenoxy) is 1. The number of esters is 1. The summed E-state index contributed by atoms with van der Waals surface area (Å²) in [5, 5.41) is 23.5. The van der Waals surface area contributed by atoms with Crippen LogP contribution < -0.4 is 5.32 Å². The van der Waals surface area contributed by atoms with E-state index in [4.69, 9.17) is 4.74 Å². The maximum absolute atomic E-state index is 12.6. The van der Waals surface area contributed by atoms with Gasteiger partial charge in [0, 0.05) is 12.8 Å². The zero-order valence-corrected chi connectivity index (χ0v) is 62.3. The summed E-state index contributed by atoms with van der Waals surface area (Å²) >= 11 is 0. The molecule has 1 amide bonds. The molecule has 0 saturated heterocycles. The molecule has 0 aliphatic carbocycles. The van der Waals surface area contributed by atoms with Gasteiger partial charge in [-0.25, -0.2) is 0 Å². The number of allylic oxidation sites excluding steroid dienone is 8. The van der Waals surface area contributed by atoms with Crippen LogP contribution in [0.3, 0.4) is 0 Å². The van der Waals surface area contributed by atoms with Gasteiger partial charge in [-0.3, -0.25) is 9.59 Å². The van der Waals surface area contributed by atoms with Crippen molar-refractivity contribution in [3.63, 3.8) is 0 Å². The third kappa shape index (κ3) is 76.8. The fourth-order valence-corrected chi connectivity index (χ4v) is 13.2. The SMILES string of the molecule is CCCCC/C=C\C/C=C\CCCCCCCC(=O)OCCCCCCCCCCCCCCCCC/C=C\C/C=C\CCCCCCCCCCCCCCCCCCCC(=O)NC(CO)C(O)CCCCCCCCCCCCCCCCCCCCCCC. The molecule has 6 nitrogen and oxygen atoms in total. The highest BCUT2D eigenvalue weighted by molar-refractivity contribution is 5.76. The highest BCUT2D eigenvalue weighted by atomic mass is 16.5. The second kappa shape index (κ2) is 81.2. The largest absolute Gasteiger partial charge is 0.466 e. The minimum Gasteiger partial charge on any atom is -0.466 e. The van der Waals surface area contributed by atoms with Crippen LogP contribution in [0.2, 0.25) is 0 Å². The zero-order chi connectivity index (χ0) is 66.3. The minimum atomic E-state index is -0.664. The first-order valence-corrected chi connectivity index (χ1v) is 41.9. The summed E-state index contributed by atoms with van der Waals surface area (Å²) in [6.45, 7) is 4.97. The number of hydrogen-bond acceptors (Lipinski definition) is 5. The van der Waals surface area contributed by atoms with Crippen molar-refractivity contribution >= 4 is 11.9 Å². The lowest BCUT2D eigenvalue weighted by molar-refractivity contribution is -0.143. The third-order valence-corrected chi connectivity index (χ3v) is 19.6. The van der Waals surface area contributed by atoms with E-state index in [1.165, 1.54) is 372 Å². The molecule has 0 fully saturated rings. The molecule has 2 atom stereocenters. The van der Waals surface area contributed by atoms with E-state index < -0.39 is 12.1 Å². The van der Waals surface area contributed by atoms with E-state index in [1.54, 1.807) is 0 Å². The predicted octanol–water partition coefficient (Wildman–Crippen LogP) is 27.9. The second-order valence-corrected chi connectivity index (χ2v) is 28.8. The zero-order valence-electron chi connectivity index (χ0n) is 62.3. The van der Waals surface area contributed by atoms with Crippen molar-refractivity contribution in [3.8, 4) is 0 Å². The van der Waals surface area contributed by atoms with E-state index in [0.717, 1.165) is 57.8 Å². The Morgan fingerprint density at radius 2 is 0.543 bits per heavy atom. The Kier molecular flexibility index (Phi) is 79.3. The van der Waals surface area contributed by atoms with Crippen LogP contribution in [0.25, 0.3) is 0 Å². The van der Waals surface area contributed by atoms with E-state index >= 15 is 0 Å². The highest BCUT2D eigenvalue weighted by Crippen LogP contribution is 2.20. The van der Waals surface area contributed by atoms with Crippen LogP contribution in [0.4, 0.5) is 0 Å². The van der Waals surface area contributed by atoms with Crippen molar-refractivity contribution in [1.29, 1.82) is 0 Å². The van der Waals surface area contributed by atoms with Crippen molar-refractivity contribution in [3.05, 3.63) is 48.6 Å². The molecule has 0 spiro atoms. The van der Waals surface area contributed by atoms with Gasteiger partial charge < -0.3 is 20.3 Å². The summed E-state index contributed by atoms with van der Waals surface area (Å²) in [6, 6.07) is -0.541. The van der Waals surface area contributed by atoms with Gasteiger partial charge in [-0.1, -0.05) is 409 Å². The Bertz CT molecular complexity index is 1540. The van der Waals surface area contributed by atoms with Gasteiger partial charge in [0.25, 0.3) is 0 Å². The van der Waals surface area contributed by atoms with E-state index in [9.17, 15) is 19.8 Å². The number of hydrogen-bond donors (Lipinski definition) is 3. The monoisotopic (exact) mass is 1290 g/mol. The summed E-state index contributed by atoms with van der Waals surface area (Å²) in [5.41, 5.74) is 0. The first-order chi connectivity index (χ1) is 45.5. The van der Waals surface area contributed by atoms with Crippen LogP contribution in [0.5, 0.6) is 0 Å². The van der Waals surface area contributed by atoms with Crippen LogP contribution >= 0.6 is 0 Å². The molecule has 3 N–H and O–H groups in total. The molecule has 0 aliphatic heterocycles. The predicted molar refractivity (Wildman–Crippen MR) is 407 cm³/mol. The molecule has 0 radical (unpaired) electrons. The Hall–Kier alpha value is -2.18. The summed E-state index contributed by atoms with van der Waals surface area (Å²) in [4.78, 5) is 24.7. The number of rotatable bonds is 79. The lowest BCUT2D eigenvalue weighted by atomic mass is 10.0. The average molecular weight is 1290 g/mol. The van der Waals surface area contributed by atoms with Crippen molar-refractivity contribution in [2.45, 2.75) is 475 Å². The number of nitrogens with one attached hydrogen (secondary N) is 1. The number of amides is 1. The molecule has 6 heteroatoms. The lowest BCUT2D eigenvalue weighted by Gasteiger charge is -2.22. The van der Waals surface area contributed by atoms with Gasteiger partial charge in [-0.2, -0.15) is 0 Å². The number of carbonyl (C=O) groups excluding carboxylic acids is 2. The molecule has 0 saturated carbocycles. The molecule has 0 bridgehead atoms. The molecule has 2 unspecified atom stereocenters. The van der Waals surface area contributed by atoms with Crippen LogP contribution in [0.15, 0.2) is 48.6 Å². The summed E-state index contributed by atoms with van der Waals surface area (Å²) in [5.74, 6) is -0.0202. The molecule has 542 valence electrons. The number of aliphatic hydroxyl groups is 2. The van der Waals surface area contributed by atoms with Crippen molar-refractivity contribution in [2.75, 3.05) is 13.2 Å². The van der Waals surface area contributed by atoms with Gasteiger partial charge >= 0.3 is 5.97 Å². The first-order valence-electron chi connectivity index (χ1n) is 41.9. The molecule has 92 heavy (non-hydrogen) atoms. The van der Waals surface area contributed by atoms with Crippen LogP contribution in [0, 0.1) is 0 Å². The van der Waals surface area contributed by atoms with Gasteiger partial charge in [-0.05, 0) is 89.9 Å². The molecular formula is C86H163NO5. The lowest BCUT2D eigenvalue weighted by Crippen LogP contribution is -2.45. The summed E-state index contributed by atoms with van der Waals surface area (Å²) in [7, 11) is 0.